The van der Waals surface area contributed by atoms with Gasteiger partial charge in [0.15, 0.2) is 0 Å². The minimum Gasteiger partial charge on any atom is -0.370 e. The van der Waals surface area contributed by atoms with Crippen LogP contribution in [-0.2, 0) is 19.2 Å². The van der Waals surface area contributed by atoms with Crippen LogP contribution >= 0.6 is 0 Å². The molecular formula is C24H44N4O4. The molecule has 32 heavy (non-hydrogen) atoms. The van der Waals surface area contributed by atoms with Gasteiger partial charge in [0.25, 0.3) is 0 Å². The highest BCUT2D eigenvalue weighted by molar-refractivity contribution is 5.77. The Hall–Kier alpha value is -2.12. The van der Waals surface area contributed by atoms with E-state index in [9.17, 15) is 19.2 Å². The van der Waals surface area contributed by atoms with Crippen molar-refractivity contribution in [2.75, 3.05) is 26.2 Å². The van der Waals surface area contributed by atoms with E-state index in [1.54, 1.807) is 0 Å². The maximum atomic E-state index is 11.8. The zero-order valence-electron chi connectivity index (χ0n) is 20.0. The van der Waals surface area contributed by atoms with Crippen molar-refractivity contribution in [2.24, 2.45) is 17.4 Å². The number of primary amides is 2. The number of hydrogen-bond acceptors (Lipinski definition) is 4. The number of carbonyl (C=O) groups is 4. The van der Waals surface area contributed by atoms with E-state index in [2.05, 4.69) is 6.92 Å². The molecule has 8 nitrogen and oxygen atoms in total. The second-order valence-corrected chi connectivity index (χ2v) is 9.23. The van der Waals surface area contributed by atoms with Crippen molar-refractivity contribution in [3.8, 4) is 0 Å². The number of rotatable bonds is 10. The molecule has 0 aliphatic carbocycles. The van der Waals surface area contributed by atoms with Crippen LogP contribution < -0.4 is 11.5 Å². The number of likely N-dealkylation sites (tertiary alicyclic amines) is 2. The van der Waals surface area contributed by atoms with Gasteiger partial charge in [-0.1, -0.05) is 19.8 Å². The third-order valence-corrected chi connectivity index (χ3v) is 6.10. The van der Waals surface area contributed by atoms with Crippen molar-refractivity contribution < 1.29 is 19.2 Å². The molecule has 4 amide bonds. The van der Waals surface area contributed by atoms with E-state index in [0.717, 1.165) is 71.1 Å². The molecule has 184 valence electrons. The lowest BCUT2D eigenvalue weighted by Crippen LogP contribution is -2.38. The van der Waals surface area contributed by atoms with Crippen LogP contribution in [0.3, 0.4) is 0 Å². The molecule has 1 unspecified atom stereocenters. The number of carbonyl (C=O) groups excluding carboxylic acids is 4. The number of unbranched alkanes of at least 4 members (excludes halogenated alkanes) is 2. The van der Waals surface area contributed by atoms with Gasteiger partial charge >= 0.3 is 0 Å². The van der Waals surface area contributed by atoms with E-state index < -0.39 is 0 Å². The van der Waals surface area contributed by atoms with Crippen LogP contribution in [-0.4, -0.2) is 59.6 Å². The number of nitrogens with two attached hydrogens (primary N) is 2. The highest BCUT2D eigenvalue weighted by atomic mass is 16.2. The Morgan fingerprint density at radius 2 is 1.09 bits per heavy atom. The van der Waals surface area contributed by atoms with Gasteiger partial charge in [-0.3, -0.25) is 19.2 Å². The maximum absolute atomic E-state index is 11.8. The lowest BCUT2D eigenvalue weighted by molar-refractivity contribution is -0.133. The number of piperidine rings is 1. The van der Waals surface area contributed by atoms with Gasteiger partial charge in [-0.15, -0.1) is 0 Å². The molecule has 2 aliphatic heterocycles. The monoisotopic (exact) mass is 452 g/mol. The van der Waals surface area contributed by atoms with E-state index in [-0.39, 0.29) is 23.6 Å². The molecule has 2 saturated heterocycles. The van der Waals surface area contributed by atoms with Crippen LogP contribution in [0.25, 0.3) is 0 Å². The van der Waals surface area contributed by atoms with Gasteiger partial charge < -0.3 is 21.3 Å². The Labute approximate surface area is 193 Å². The van der Waals surface area contributed by atoms with E-state index >= 15 is 0 Å². The summed E-state index contributed by atoms with van der Waals surface area (Å²) in [4.78, 5) is 48.6. The van der Waals surface area contributed by atoms with Crippen LogP contribution in [0.4, 0.5) is 0 Å². The van der Waals surface area contributed by atoms with Crippen molar-refractivity contribution in [3.05, 3.63) is 0 Å². The minimum atomic E-state index is -0.279. The summed E-state index contributed by atoms with van der Waals surface area (Å²) in [6, 6.07) is 0. The van der Waals surface area contributed by atoms with Crippen molar-refractivity contribution in [2.45, 2.75) is 96.8 Å². The molecule has 2 rings (SSSR count). The van der Waals surface area contributed by atoms with Crippen molar-refractivity contribution >= 4 is 23.6 Å². The summed E-state index contributed by atoms with van der Waals surface area (Å²) in [5, 5.41) is 0. The van der Waals surface area contributed by atoms with Gasteiger partial charge in [-0.05, 0) is 57.3 Å². The molecule has 4 N–H and O–H groups in total. The van der Waals surface area contributed by atoms with Gasteiger partial charge in [-0.25, -0.2) is 0 Å². The zero-order valence-corrected chi connectivity index (χ0v) is 20.0. The molecular weight excluding hydrogens is 408 g/mol. The first-order valence-electron chi connectivity index (χ1n) is 12.4. The standard InChI is InChI=1S/2C12H22N2O2/c1-10-5-4-8-14(9-10)12(16)7-3-2-6-11(13)15;13-11(15)7-3-4-8-12(16)14-9-5-1-2-6-10-14/h10H,2-9H2,1H3,(H2,13,15);1-10H2,(H2,13,15). The molecule has 2 fully saturated rings. The Morgan fingerprint density at radius 1 is 0.656 bits per heavy atom. The van der Waals surface area contributed by atoms with Crippen LogP contribution in [0.5, 0.6) is 0 Å². The summed E-state index contributed by atoms with van der Waals surface area (Å²) in [6.07, 6.45) is 12.0. The fourth-order valence-electron chi connectivity index (χ4n) is 4.20. The Bertz CT molecular complexity index is 557. The molecule has 0 aromatic carbocycles. The third kappa shape index (κ3) is 13.3. The Balaban J connectivity index is 0.000000320. The third-order valence-electron chi connectivity index (χ3n) is 6.10. The molecule has 0 spiro atoms. The van der Waals surface area contributed by atoms with Crippen LogP contribution in [0, 0.1) is 5.92 Å². The summed E-state index contributed by atoms with van der Waals surface area (Å²) < 4.78 is 0. The molecule has 0 bridgehead atoms. The zero-order chi connectivity index (χ0) is 23.8. The number of amides is 4. The van der Waals surface area contributed by atoms with Gasteiger partial charge in [0.2, 0.25) is 23.6 Å². The maximum Gasteiger partial charge on any atom is 0.222 e. The summed E-state index contributed by atoms with van der Waals surface area (Å²) in [6.45, 7) is 5.81. The highest BCUT2D eigenvalue weighted by Crippen LogP contribution is 2.17. The van der Waals surface area contributed by atoms with E-state index in [4.69, 9.17) is 11.5 Å². The second-order valence-electron chi connectivity index (χ2n) is 9.23. The van der Waals surface area contributed by atoms with Crippen LogP contribution in [0.1, 0.15) is 96.8 Å². The van der Waals surface area contributed by atoms with Gasteiger partial charge in [-0.2, -0.15) is 0 Å². The van der Waals surface area contributed by atoms with Gasteiger partial charge in [0.05, 0.1) is 0 Å². The fraction of sp³-hybridized carbons (Fsp3) is 0.833. The predicted molar refractivity (Wildman–Crippen MR) is 125 cm³/mol. The molecule has 2 aliphatic rings. The smallest absolute Gasteiger partial charge is 0.222 e. The van der Waals surface area contributed by atoms with Gasteiger partial charge in [0, 0.05) is 51.9 Å². The van der Waals surface area contributed by atoms with Gasteiger partial charge in [0.1, 0.15) is 0 Å². The Morgan fingerprint density at radius 3 is 1.56 bits per heavy atom. The summed E-state index contributed by atoms with van der Waals surface area (Å²) in [5.74, 6) is 0.548. The topological polar surface area (TPSA) is 127 Å². The van der Waals surface area contributed by atoms with E-state index in [0.29, 0.717) is 31.6 Å². The van der Waals surface area contributed by atoms with Crippen molar-refractivity contribution in [1.82, 2.24) is 9.80 Å². The van der Waals surface area contributed by atoms with E-state index in [1.165, 1.54) is 19.3 Å². The van der Waals surface area contributed by atoms with E-state index in [1.807, 2.05) is 9.80 Å². The van der Waals surface area contributed by atoms with Crippen molar-refractivity contribution in [3.63, 3.8) is 0 Å². The number of nitrogens with zero attached hydrogens (tertiary/aromatic N) is 2. The van der Waals surface area contributed by atoms with Crippen LogP contribution in [0.2, 0.25) is 0 Å². The molecule has 0 saturated carbocycles. The van der Waals surface area contributed by atoms with Crippen LogP contribution in [0.15, 0.2) is 0 Å². The molecule has 0 aromatic heterocycles. The number of hydrogen-bond donors (Lipinski definition) is 2. The minimum absolute atomic E-state index is 0.232. The largest absolute Gasteiger partial charge is 0.370 e. The summed E-state index contributed by atoms with van der Waals surface area (Å²) in [5.41, 5.74) is 10.1. The molecule has 0 radical (unpaired) electrons. The molecule has 2 heterocycles. The first-order chi connectivity index (χ1) is 15.3. The molecule has 8 heteroatoms. The summed E-state index contributed by atoms with van der Waals surface area (Å²) in [7, 11) is 0. The summed E-state index contributed by atoms with van der Waals surface area (Å²) >= 11 is 0. The lowest BCUT2D eigenvalue weighted by Gasteiger charge is -2.31. The first kappa shape index (κ1) is 27.9. The second kappa shape index (κ2) is 16.5. The Kier molecular flexibility index (Phi) is 14.4. The highest BCUT2D eigenvalue weighted by Gasteiger charge is 2.20. The molecule has 0 aromatic rings. The quantitative estimate of drug-likeness (QED) is 0.494. The predicted octanol–water partition coefficient (Wildman–Crippen LogP) is 2.73. The fourth-order valence-corrected chi connectivity index (χ4v) is 4.20. The first-order valence-corrected chi connectivity index (χ1v) is 12.4. The van der Waals surface area contributed by atoms with Crippen molar-refractivity contribution in [1.29, 1.82) is 0 Å². The normalized spacial score (nSPS) is 18.8. The average molecular weight is 453 g/mol. The molecule has 1 atom stereocenters. The average Bonchev–Trinajstić information content (AvgIpc) is 3.04. The lowest BCUT2D eigenvalue weighted by atomic mass is 10.00. The SMILES string of the molecule is CC1CCCN(C(=O)CCCCC(N)=O)C1.NC(=O)CCCCC(=O)N1CCCCCC1.